The predicted octanol–water partition coefficient (Wildman–Crippen LogP) is 3.85. The van der Waals surface area contributed by atoms with E-state index in [0.29, 0.717) is 22.9 Å². The van der Waals surface area contributed by atoms with Crippen LogP contribution in [-0.4, -0.2) is 31.4 Å². The number of hydrogen-bond acceptors (Lipinski definition) is 6. The summed E-state index contributed by atoms with van der Waals surface area (Å²) in [5.41, 5.74) is 1.33. The van der Waals surface area contributed by atoms with Gasteiger partial charge < -0.3 is 24.3 Å². The highest BCUT2D eigenvalue weighted by atomic mass is 16.7. The number of nitrogens with one attached hydrogen (secondary N) is 1. The Morgan fingerprint density at radius 1 is 1.03 bits per heavy atom. The molecule has 1 spiro atoms. The molecule has 30 heavy (non-hydrogen) atoms. The van der Waals surface area contributed by atoms with Crippen molar-refractivity contribution in [3.05, 3.63) is 48.0 Å². The molecule has 4 rings (SSSR count). The van der Waals surface area contributed by atoms with Gasteiger partial charge in [-0.25, -0.2) is 0 Å². The van der Waals surface area contributed by atoms with Gasteiger partial charge in [0.05, 0.1) is 13.5 Å². The predicted molar refractivity (Wildman–Crippen MR) is 110 cm³/mol. The van der Waals surface area contributed by atoms with Crippen molar-refractivity contribution in [2.75, 3.05) is 19.0 Å². The maximum atomic E-state index is 12.2. The maximum absolute atomic E-state index is 12.2. The van der Waals surface area contributed by atoms with E-state index in [1.807, 2.05) is 0 Å². The summed E-state index contributed by atoms with van der Waals surface area (Å²) in [5, 5.41) is 2.73. The summed E-state index contributed by atoms with van der Waals surface area (Å²) in [6.07, 6.45) is 5.16. The Balaban J connectivity index is 1.28. The molecule has 7 heteroatoms. The van der Waals surface area contributed by atoms with Crippen LogP contribution in [0.5, 0.6) is 17.2 Å². The zero-order valence-corrected chi connectivity index (χ0v) is 16.9. The zero-order valence-electron chi connectivity index (χ0n) is 16.9. The molecule has 0 aromatic heterocycles. The van der Waals surface area contributed by atoms with Crippen molar-refractivity contribution in [2.24, 2.45) is 0 Å². The highest BCUT2D eigenvalue weighted by Gasteiger charge is 2.42. The van der Waals surface area contributed by atoms with Crippen LogP contribution in [0.3, 0.4) is 0 Å². The Hall–Kier alpha value is -3.22. The van der Waals surface area contributed by atoms with Crippen LogP contribution in [0.1, 0.15) is 37.7 Å². The number of rotatable bonds is 6. The Morgan fingerprint density at radius 3 is 2.63 bits per heavy atom. The van der Waals surface area contributed by atoms with E-state index in [1.165, 1.54) is 6.42 Å². The first-order valence-electron chi connectivity index (χ1n) is 10.2. The average molecular weight is 411 g/mol. The Labute approximate surface area is 175 Å². The molecular formula is C23H25NO6. The molecule has 1 N–H and O–H groups in total. The van der Waals surface area contributed by atoms with Gasteiger partial charge in [-0.15, -0.1) is 0 Å². The molecule has 1 aliphatic carbocycles. The lowest BCUT2D eigenvalue weighted by Gasteiger charge is -2.31. The molecule has 7 nitrogen and oxygen atoms in total. The molecule has 0 saturated heterocycles. The molecular weight excluding hydrogens is 386 g/mol. The third kappa shape index (κ3) is 4.67. The van der Waals surface area contributed by atoms with Gasteiger partial charge in [0.25, 0.3) is 11.7 Å². The first-order chi connectivity index (χ1) is 14.5. The molecule has 0 radical (unpaired) electrons. The van der Waals surface area contributed by atoms with Crippen molar-refractivity contribution in [3.63, 3.8) is 0 Å². The van der Waals surface area contributed by atoms with Gasteiger partial charge in [-0.1, -0.05) is 18.6 Å². The first kappa shape index (κ1) is 20.1. The molecule has 1 amide bonds. The zero-order chi connectivity index (χ0) is 21.0. The van der Waals surface area contributed by atoms with Gasteiger partial charge >= 0.3 is 5.97 Å². The Morgan fingerprint density at radius 2 is 1.83 bits per heavy atom. The van der Waals surface area contributed by atoms with E-state index in [1.54, 1.807) is 49.6 Å². The second-order valence-electron chi connectivity index (χ2n) is 7.57. The van der Waals surface area contributed by atoms with Crippen LogP contribution < -0.4 is 19.5 Å². The lowest BCUT2D eigenvalue weighted by Crippen LogP contribution is -2.40. The van der Waals surface area contributed by atoms with Crippen molar-refractivity contribution < 1.29 is 28.5 Å². The van der Waals surface area contributed by atoms with Gasteiger partial charge in [0.15, 0.2) is 18.1 Å². The second kappa shape index (κ2) is 8.65. The molecule has 158 valence electrons. The minimum absolute atomic E-state index is 0.0661. The number of carbonyl (C=O) groups is 2. The van der Waals surface area contributed by atoms with Crippen LogP contribution >= 0.6 is 0 Å². The average Bonchev–Trinajstić information content (AvgIpc) is 3.09. The van der Waals surface area contributed by atoms with E-state index >= 15 is 0 Å². The number of fused-ring (bicyclic) bond motifs is 1. The molecule has 1 aliphatic heterocycles. The van der Waals surface area contributed by atoms with Gasteiger partial charge in [-0.2, -0.15) is 0 Å². The van der Waals surface area contributed by atoms with E-state index < -0.39 is 17.7 Å². The number of carbonyl (C=O) groups excluding carboxylic acids is 2. The van der Waals surface area contributed by atoms with Crippen LogP contribution in [0.4, 0.5) is 5.69 Å². The van der Waals surface area contributed by atoms with Crippen molar-refractivity contribution in [1.29, 1.82) is 0 Å². The quantitative estimate of drug-likeness (QED) is 0.727. The number of ether oxygens (including phenoxy) is 4. The van der Waals surface area contributed by atoms with Gasteiger partial charge in [0, 0.05) is 24.6 Å². The topological polar surface area (TPSA) is 83.1 Å². The first-order valence-corrected chi connectivity index (χ1v) is 10.2. The number of amides is 1. The largest absolute Gasteiger partial charge is 0.497 e. The monoisotopic (exact) mass is 411 g/mol. The minimum Gasteiger partial charge on any atom is -0.497 e. The fourth-order valence-electron chi connectivity index (χ4n) is 3.81. The summed E-state index contributed by atoms with van der Waals surface area (Å²) in [6, 6.07) is 12.4. The molecule has 1 fully saturated rings. The van der Waals surface area contributed by atoms with Gasteiger partial charge in [0.2, 0.25) is 0 Å². The van der Waals surface area contributed by atoms with Crippen molar-refractivity contribution >= 4 is 17.6 Å². The molecule has 0 bridgehead atoms. The number of hydrogen-bond donors (Lipinski definition) is 1. The third-order valence-electron chi connectivity index (χ3n) is 5.28. The summed E-state index contributed by atoms with van der Waals surface area (Å²) >= 11 is 0. The third-order valence-corrected chi connectivity index (χ3v) is 5.28. The summed E-state index contributed by atoms with van der Waals surface area (Å²) in [6.45, 7) is -0.360. The lowest BCUT2D eigenvalue weighted by atomic mass is 9.94. The van der Waals surface area contributed by atoms with Crippen LogP contribution in [-0.2, 0) is 20.7 Å². The molecule has 1 heterocycles. The molecule has 2 aromatic carbocycles. The summed E-state index contributed by atoms with van der Waals surface area (Å²) in [7, 11) is 1.56. The van der Waals surface area contributed by atoms with Crippen molar-refractivity contribution in [2.45, 2.75) is 44.3 Å². The van der Waals surface area contributed by atoms with E-state index in [-0.39, 0.29) is 13.0 Å². The number of anilines is 1. The van der Waals surface area contributed by atoms with E-state index in [0.717, 1.165) is 31.2 Å². The minimum atomic E-state index is -0.557. The standard InChI is InChI=1S/C23H25NO6/c1-27-18-7-5-6-16(12-18)13-22(26)28-15-21(25)24-17-8-9-19-20(14-17)30-23(29-19)10-3-2-4-11-23/h5-9,12,14H,2-4,10-11,13,15H2,1H3,(H,24,25). The maximum Gasteiger partial charge on any atom is 0.310 e. The Bertz CT molecular complexity index is 935. The van der Waals surface area contributed by atoms with E-state index in [2.05, 4.69) is 5.32 Å². The van der Waals surface area contributed by atoms with Crippen LogP contribution in [0.15, 0.2) is 42.5 Å². The summed E-state index contributed by atoms with van der Waals surface area (Å²) in [4.78, 5) is 24.2. The Kier molecular flexibility index (Phi) is 5.79. The van der Waals surface area contributed by atoms with Crippen molar-refractivity contribution in [3.8, 4) is 17.2 Å². The molecule has 0 atom stereocenters. The van der Waals surface area contributed by atoms with Crippen LogP contribution in [0.25, 0.3) is 0 Å². The molecule has 2 aromatic rings. The number of benzene rings is 2. The van der Waals surface area contributed by atoms with Gasteiger partial charge in [0.1, 0.15) is 5.75 Å². The lowest BCUT2D eigenvalue weighted by molar-refractivity contribution is -0.146. The smallest absolute Gasteiger partial charge is 0.310 e. The van der Waals surface area contributed by atoms with E-state index in [4.69, 9.17) is 18.9 Å². The number of methoxy groups -OCH3 is 1. The van der Waals surface area contributed by atoms with Gasteiger partial charge in [-0.05, 0) is 42.7 Å². The highest BCUT2D eigenvalue weighted by molar-refractivity contribution is 5.93. The van der Waals surface area contributed by atoms with Crippen LogP contribution in [0.2, 0.25) is 0 Å². The fourth-order valence-corrected chi connectivity index (χ4v) is 3.81. The number of esters is 1. The molecule has 2 aliphatic rings. The second-order valence-corrected chi connectivity index (χ2v) is 7.57. The summed E-state index contributed by atoms with van der Waals surface area (Å²) in [5.74, 6) is 0.530. The SMILES string of the molecule is COc1cccc(CC(=O)OCC(=O)Nc2ccc3c(c2)OC2(CCCCC2)O3)c1. The van der Waals surface area contributed by atoms with E-state index in [9.17, 15) is 9.59 Å². The van der Waals surface area contributed by atoms with Crippen molar-refractivity contribution in [1.82, 2.24) is 0 Å². The van der Waals surface area contributed by atoms with Gasteiger partial charge in [-0.3, -0.25) is 9.59 Å². The van der Waals surface area contributed by atoms with Crippen LogP contribution in [0, 0.1) is 0 Å². The molecule has 1 saturated carbocycles. The molecule has 0 unspecified atom stereocenters. The summed E-state index contributed by atoms with van der Waals surface area (Å²) < 4.78 is 22.3. The normalized spacial score (nSPS) is 16.2. The highest BCUT2D eigenvalue weighted by Crippen LogP contribution is 2.46. The fraction of sp³-hybridized carbons (Fsp3) is 0.391.